The predicted octanol–water partition coefficient (Wildman–Crippen LogP) is 2.02. The molecule has 2 N–H and O–H groups in total. The van der Waals surface area contributed by atoms with E-state index in [1.807, 2.05) is 0 Å². The maximum Gasteiger partial charge on any atom is 0.318 e. The van der Waals surface area contributed by atoms with Gasteiger partial charge in [0.15, 0.2) is 0 Å². The minimum atomic E-state index is 0.376. The Balaban J connectivity index is 2.18. The van der Waals surface area contributed by atoms with Crippen LogP contribution in [0, 0.1) is 0 Å². The Hall–Kier alpha value is -1.32. The summed E-state index contributed by atoms with van der Waals surface area (Å²) in [5.41, 5.74) is 5.48. The van der Waals surface area contributed by atoms with Crippen LogP contribution in [0.5, 0.6) is 6.01 Å². The number of rotatable bonds is 6. The number of ether oxygens (including phenoxy) is 1. The summed E-state index contributed by atoms with van der Waals surface area (Å²) in [5, 5.41) is 0. The quantitative estimate of drug-likeness (QED) is 0.705. The Morgan fingerprint density at radius 2 is 2.21 bits per heavy atom. The molecule has 0 unspecified atom stereocenters. The van der Waals surface area contributed by atoms with Gasteiger partial charge in [-0.15, -0.1) is 0 Å². The average molecular weight is 195 g/mol. The molecule has 0 aromatic carbocycles. The maximum atomic E-state index is 5.48. The number of unbranched alkanes of at least 4 members (excludes halogenated alkanes) is 3. The molecule has 4 nitrogen and oxygen atoms in total. The molecule has 1 rings (SSSR count). The van der Waals surface area contributed by atoms with Crippen LogP contribution in [0.3, 0.4) is 0 Å². The highest BCUT2D eigenvalue weighted by molar-refractivity contribution is 5.26. The monoisotopic (exact) mass is 195 g/mol. The van der Waals surface area contributed by atoms with E-state index in [1.54, 1.807) is 12.3 Å². The topological polar surface area (TPSA) is 61.0 Å². The summed E-state index contributed by atoms with van der Waals surface area (Å²) in [6.45, 7) is 2.85. The van der Waals surface area contributed by atoms with Crippen molar-refractivity contribution in [1.29, 1.82) is 0 Å². The number of nitrogens with zero attached hydrogens (tertiary/aromatic N) is 2. The van der Waals surface area contributed by atoms with E-state index in [0.717, 1.165) is 6.42 Å². The Labute approximate surface area is 84.5 Å². The highest BCUT2D eigenvalue weighted by Crippen LogP contribution is 2.05. The smallest absolute Gasteiger partial charge is 0.318 e. The third-order valence-corrected chi connectivity index (χ3v) is 1.88. The molecule has 0 radical (unpaired) electrons. The Bertz CT molecular complexity index is 265. The van der Waals surface area contributed by atoms with Crippen LogP contribution < -0.4 is 10.5 Å². The normalized spacial score (nSPS) is 10.1. The largest absolute Gasteiger partial charge is 0.463 e. The van der Waals surface area contributed by atoms with E-state index < -0.39 is 0 Å². The van der Waals surface area contributed by atoms with Crippen LogP contribution in [-0.4, -0.2) is 16.6 Å². The molecule has 4 heteroatoms. The van der Waals surface area contributed by atoms with Crippen molar-refractivity contribution in [3.05, 3.63) is 12.3 Å². The molecule has 78 valence electrons. The molecule has 0 spiro atoms. The van der Waals surface area contributed by atoms with Gasteiger partial charge in [0.1, 0.15) is 5.82 Å². The second-order valence-electron chi connectivity index (χ2n) is 3.17. The molecule has 0 amide bonds. The molecule has 0 bridgehead atoms. The fraction of sp³-hybridized carbons (Fsp3) is 0.600. The van der Waals surface area contributed by atoms with Crippen LogP contribution in [0.2, 0.25) is 0 Å². The summed E-state index contributed by atoms with van der Waals surface area (Å²) < 4.78 is 5.33. The number of hydrogen-bond acceptors (Lipinski definition) is 4. The van der Waals surface area contributed by atoms with E-state index in [4.69, 9.17) is 10.5 Å². The molecule has 14 heavy (non-hydrogen) atoms. The minimum Gasteiger partial charge on any atom is -0.463 e. The van der Waals surface area contributed by atoms with Crippen molar-refractivity contribution in [3.8, 4) is 6.01 Å². The zero-order valence-electron chi connectivity index (χ0n) is 8.57. The van der Waals surface area contributed by atoms with E-state index in [9.17, 15) is 0 Å². The number of aromatic nitrogens is 2. The summed E-state index contributed by atoms with van der Waals surface area (Å²) in [7, 11) is 0. The van der Waals surface area contributed by atoms with Crippen molar-refractivity contribution in [2.24, 2.45) is 0 Å². The van der Waals surface area contributed by atoms with E-state index in [0.29, 0.717) is 18.4 Å². The summed E-state index contributed by atoms with van der Waals surface area (Å²) in [4.78, 5) is 7.88. The molecule has 0 aliphatic heterocycles. The second-order valence-corrected chi connectivity index (χ2v) is 3.17. The van der Waals surface area contributed by atoms with Gasteiger partial charge in [-0.1, -0.05) is 26.2 Å². The first-order chi connectivity index (χ1) is 6.83. The lowest BCUT2D eigenvalue weighted by Gasteiger charge is -2.03. The second kappa shape index (κ2) is 6.18. The van der Waals surface area contributed by atoms with Gasteiger partial charge < -0.3 is 10.5 Å². The van der Waals surface area contributed by atoms with Crippen LogP contribution in [0.15, 0.2) is 12.3 Å². The predicted molar refractivity (Wildman–Crippen MR) is 56.1 cm³/mol. The Kier molecular flexibility index (Phi) is 4.75. The fourth-order valence-corrected chi connectivity index (χ4v) is 1.12. The van der Waals surface area contributed by atoms with Crippen LogP contribution >= 0.6 is 0 Å². The number of nitrogen functional groups attached to an aromatic ring is 1. The van der Waals surface area contributed by atoms with E-state index >= 15 is 0 Å². The van der Waals surface area contributed by atoms with Crippen molar-refractivity contribution < 1.29 is 4.74 Å². The average Bonchev–Trinajstić information content (AvgIpc) is 2.18. The van der Waals surface area contributed by atoms with Gasteiger partial charge in [-0.25, -0.2) is 4.98 Å². The van der Waals surface area contributed by atoms with Gasteiger partial charge in [-0.2, -0.15) is 4.98 Å². The lowest BCUT2D eigenvalue weighted by molar-refractivity contribution is 0.282. The van der Waals surface area contributed by atoms with Crippen LogP contribution in [0.4, 0.5) is 5.82 Å². The molecule has 0 aliphatic carbocycles. The molecule has 0 fully saturated rings. The number of nitrogens with two attached hydrogens (primary N) is 1. The molecule has 1 aromatic heterocycles. The van der Waals surface area contributed by atoms with Crippen molar-refractivity contribution in [2.45, 2.75) is 32.6 Å². The molecule has 1 heterocycles. The molecular weight excluding hydrogens is 178 g/mol. The summed E-state index contributed by atoms with van der Waals surface area (Å²) in [5.74, 6) is 0.448. The summed E-state index contributed by atoms with van der Waals surface area (Å²) >= 11 is 0. The minimum absolute atomic E-state index is 0.376. The molecule has 0 atom stereocenters. The van der Waals surface area contributed by atoms with Crippen molar-refractivity contribution >= 4 is 5.82 Å². The summed E-state index contributed by atoms with van der Waals surface area (Å²) in [6.07, 6.45) is 6.32. The van der Waals surface area contributed by atoms with Gasteiger partial charge in [-0.3, -0.25) is 0 Å². The van der Waals surface area contributed by atoms with Crippen molar-refractivity contribution in [1.82, 2.24) is 9.97 Å². The Morgan fingerprint density at radius 1 is 1.36 bits per heavy atom. The van der Waals surface area contributed by atoms with Gasteiger partial charge in [0.05, 0.1) is 6.61 Å². The van der Waals surface area contributed by atoms with Crippen LogP contribution in [0.1, 0.15) is 32.6 Å². The molecule has 0 saturated heterocycles. The summed E-state index contributed by atoms with van der Waals surface area (Å²) in [6, 6.07) is 2.02. The third-order valence-electron chi connectivity index (χ3n) is 1.88. The zero-order valence-corrected chi connectivity index (χ0v) is 8.57. The van der Waals surface area contributed by atoms with Gasteiger partial charge in [-0.05, 0) is 12.5 Å². The van der Waals surface area contributed by atoms with E-state index in [1.165, 1.54) is 19.3 Å². The van der Waals surface area contributed by atoms with Crippen molar-refractivity contribution in [2.75, 3.05) is 12.3 Å². The van der Waals surface area contributed by atoms with E-state index in [2.05, 4.69) is 16.9 Å². The fourth-order valence-electron chi connectivity index (χ4n) is 1.12. The Morgan fingerprint density at radius 3 is 2.93 bits per heavy atom. The number of anilines is 1. The molecule has 0 saturated carbocycles. The molecule has 1 aromatic rings. The first kappa shape index (κ1) is 10.8. The maximum absolute atomic E-state index is 5.48. The van der Waals surface area contributed by atoms with Gasteiger partial charge in [0.2, 0.25) is 0 Å². The molecule has 0 aliphatic rings. The first-order valence-corrected chi connectivity index (χ1v) is 5.04. The van der Waals surface area contributed by atoms with Crippen LogP contribution in [0.25, 0.3) is 0 Å². The standard InChI is InChI=1S/C10H17N3O/c1-2-3-4-5-8-14-10-12-7-6-9(11)13-10/h6-7H,2-5,8H2,1H3,(H2,11,12,13). The molecular formula is C10H17N3O. The van der Waals surface area contributed by atoms with Crippen molar-refractivity contribution in [3.63, 3.8) is 0 Å². The zero-order chi connectivity index (χ0) is 10.2. The lowest BCUT2D eigenvalue weighted by Crippen LogP contribution is -2.02. The first-order valence-electron chi connectivity index (χ1n) is 5.04. The third kappa shape index (κ3) is 4.07. The SMILES string of the molecule is CCCCCCOc1nccc(N)n1. The lowest BCUT2D eigenvalue weighted by atomic mass is 10.2. The van der Waals surface area contributed by atoms with Gasteiger partial charge in [0.25, 0.3) is 0 Å². The number of hydrogen-bond donors (Lipinski definition) is 1. The van der Waals surface area contributed by atoms with Gasteiger partial charge >= 0.3 is 6.01 Å². The highest BCUT2D eigenvalue weighted by Gasteiger charge is 1.96. The van der Waals surface area contributed by atoms with Gasteiger partial charge in [0, 0.05) is 6.20 Å². The highest BCUT2D eigenvalue weighted by atomic mass is 16.5. The van der Waals surface area contributed by atoms with Crippen LogP contribution in [-0.2, 0) is 0 Å². The van der Waals surface area contributed by atoms with E-state index in [-0.39, 0.29) is 0 Å².